The van der Waals surface area contributed by atoms with Gasteiger partial charge in [-0.2, -0.15) is 13.2 Å². The summed E-state index contributed by atoms with van der Waals surface area (Å²) in [4.78, 5) is 33.7. The second-order valence-corrected chi connectivity index (χ2v) is 8.62. The summed E-state index contributed by atoms with van der Waals surface area (Å²) in [6.45, 7) is 2.94. The maximum Gasteiger partial charge on any atom is 0.416 e. The van der Waals surface area contributed by atoms with E-state index in [9.17, 15) is 22.8 Å². The number of aromatic nitrogens is 4. The fraction of sp³-hybridized carbons (Fsp3) is 0.476. The van der Waals surface area contributed by atoms with Crippen molar-refractivity contribution in [2.24, 2.45) is 0 Å². The summed E-state index contributed by atoms with van der Waals surface area (Å²) in [7, 11) is 0. The number of amides is 3. The molecule has 0 spiro atoms. The molecule has 14 heteroatoms. The van der Waals surface area contributed by atoms with Gasteiger partial charge in [0.25, 0.3) is 5.91 Å². The normalized spacial score (nSPS) is 15.8. The Kier molecular flexibility index (Phi) is 6.65. The number of benzene rings is 1. The van der Waals surface area contributed by atoms with Gasteiger partial charge in [-0.15, -0.1) is 0 Å². The van der Waals surface area contributed by atoms with Gasteiger partial charge in [0.2, 0.25) is 0 Å². The molecule has 3 N–H and O–H groups in total. The van der Waals surface area contributed by atoms with Gasteiger partial charge in [0.1, 0.15) is 18.1 Å². The van der Waals surface area contributed by atoms with Gasteiger partial charge in [0.05, 0.1) is 17.6 Å². The van der Waals surface area contributed by atoms with Crippen LogP contribution in [0.3, 0.4) is 0 Å². The third-order valence-corrected chi connectivity index (χ3v) is 5.63. The number of halogens is 3. The van der Waals surface area contributed by atoms with Gasteiger partial charge in [-0.05, 0) is 43.1 Å². The van der Waals surface area contributed by atoms with Crippen molar-refractivity contribution in [3.8, 4) is 0 Å². The molecule has 1 aliphatic rings. The Hall–Kier alpha value is -3.68. The van der Waals surface area contributed by atoms with Gasteiger partial charge in [-0.1, -0.05) is 11.2 Å². The largest absolute Gasteiger partial charge is 0.416 e. The molecule has 0 bridgehead atoms. The number of hydrogen-bond donors (Lipinski definition) is 3. The number of ether oxygens (including phenoxy) is 1. The van der Waals surface area contributed by atoms with E-state index in [0.29, 0.717) is 30.7 Å². The Morgan fingerprint density at radius 3 is 2.83 bits per heavy atom. The monoisotopic (exact) mass is 495 g/mol. The molecule has 3 amide bonds. The van der Waals surface area contributed by atoms with Crippen molar-refractivity contribution in [2.75, 3.05) is 19.7 Å². The van der Waals surface area contributed by atoms with Gasteiger partial charge in [0, 0.05) is 19.6 Å². The molecule has 0 saturated carbocycles. The maximum absolute atomic E-state index is 13.3. The van der Waals surface area contributed by atoms with Gasteiger partial charge in [-0.25, -0.2) is 14.4 Å². The van der Waals surface area contributed by atoms with Crippen LogP contribution in [0.4, 0.5) is 18.0 Å². The van der Waals surface area contributed by atoms with Crippen molar-refractivity contribution in [1.29, 1.82) is 0 Å². The van der Waals surface area contributed by atoms with Gasteiger partial charge in [-0.3, -0.25) is 4.79 Å². The Morgan fingerprint density at radius 2 is 2.14 bits per heavy atom. The van der Waals surface area contributed by atoms with E-state index in [1.807, 2.05) is 6.07 Å². The van der Waals surface area contributed by atoms with Crippen LogP contribution < -0.4 is 10.6 Å². The lowest BCUT2D eigenvalue weighted by Gasteiger charge is -2.29. The first-order chi connectivity index (χ1) is 16.5. The number of hydrogen-bond acceptors (Lipinski definition) is 7. The van der Waals surface area contributed by atoms with E-state index in [-0.39, 0.29) is 17.5 Å². The van der Waals surface area contributed by atoms with Crippen LogP contribution >= 0.6 is 0 Å². The molecule has 3 aromatic rings. The Balaban J connectivity index is 1.57. The molecule has 4 rings (SSSR count). The average Bonchev–Trinajstić information content (AvgIpc) is 3.47. The summed E-state index contributed by atoms with van der Waals surface area (Å²) in [5.74, 6) is -0.530. The third-order valence-electron chi connectivity index (χ3n) is 5.63. The quantitative estimate of drug-likeness (QED) is 0.437. The topological polar surface area (TPSA) is 138 Å². The molecule has 1 atom stereocenters. The van der Waals surface area contributed by atoms with Gasteiger partial charge in [0.15, 0.2) is 11.3 Å². The number of alkyl halides is 3. The lowest BCUT2D eigenvalue weighted by atomic mass is 10.1. The molecule has 2 aromatic heterocycles. The molecule has 11 nitrogen and oxygen atoms in total. The van der Waals surface area contributed by atoms with Crippen molar-refractivity contribution in [3.05, 3.63) is 41.5 Å². The first-order valence-corrected chi connectivity index (χ1v) is 10.8. The third kappa shape index (κ3) is 5.53. The molecule has 0 aliphatic carbocycles. The molecule has 1 saturated heterocycles. The number of nitrogens with zero attached hydrogens (tertiary/aromatic N) is 4. The zero-order valence-corrected chi connectivity index (χ0v) is 19.0. The molecule has 35 heavy (non-hydrogen) atoms. The molecule has 188 valence electrons. The number of carbonyl (C=O) groups is 2. The number of aromatic amines is 1. The van der Waals surface area contributed by atoms with Crippen LogP contribution in [-0.2, 0) is 11.3 Å². The lowest BCUT2D eigenvalue weighted by Crippen LogP contribution is -2.45. The number of imidazole rings is 1. The van der Waals surface area contributed by atoms with E-state index < -0.39 is 30.3 Å². The van der Waals surface area contributed by atoms with Crippen molar-refractivity contribution in [1.82, 2.24) is 35.8 Å². The van der Waals surface area contributed by atoms with Crippen LogP contribution in [0.15, 0.2) is 29.0 Å². The minimum atomic E-state index is -4.62. The van der Waals surface area contributed by atoms with Gasteiger partial charge >= 0.3 is 12.2 Å². The first kappa shape index (κ1) is 24.4. The predicted octanol–water partition coefficient (Wildman–Crippen LogP) is 2.69. The van der Waals surface area contributed by atoms with Crippen LogP contribution in [-0.4, -0.2) is 68.6 Å². The van der Waals surface area contributed by atoms with E-state index in [4.69, 9.17) is 4.74 Å². The molecular formula is C21H24F3N7O4. The number of fused-ring (bicyclic) bond motifs is 1. The second-order valence-electron chi connectivity index (χ2n) is 8.62. The number of nitrogens with one attached hydrogen (secondary N) is 3. The highest BCUT2D eigenvalue weighted by Gasteiger charge is 2.49. The number of urea groups is 1. The molecule has 1 unspecified atom stereocenters. The van der Waals surface area contributed by atoms with E-state index in [2.05, 4.69) is 35.5 Å². The molecule has 1 aromatic carbocycles. The van der Waals surface area contributed by atoms with Crippen LogP contribution in [0, 0.1) is 0 Å². The highest BCUT2D eigenvalue weighted by Crippen LogP contribution is 2.33. The smallest absolute Gasteiger partial charge is 0.364 e. The molecule has 0 radical (unpaired) electrons. The summed E-state index contributed by atoms with van der Waals surface area (Å²) in [6, 6.07) is 4.13. The van der Waals surface area contributed by atoms with Crippen LogP contribution in [0.25, 0.3) is 11.0 Å². The highest BCUT2D eigenvalue weighted by atomic mass is 19.4. The number of H-pyrrole nitrogens is 1. The van der Waals surface area contributed by atoms with E-state index in [1.54, 1.807) is 17.0 Å². The van der Waals surface area contributed by atoms with Crippen molar-refractivity contribution >= 4 is 23.0 Å². The fourth-order valence-corrected chi connectivity index (χ4v) is 3.45. The SMILES string of the molecule is CC(C)(OCC(NC(=O)c1cnon1)c1nc2ccc(CN3CCCNC3=O)cc2[nH]1)C(F)(F)F. The second kappa shape index (κ2) is 9.52. The summed E-state index contributed by atoms with van der Waals surface area (Å²) < 4.78 is 49.5. The zero-order valence-electron chi connectivity index (χ0n) is 19.0. The summed E-state index contributed by atoms with van der Waals surface area (Å²) in [6.07, 6.45) is -2.70. The highest BCUT2D eigenvalue weighted by molar-refractivity contribution is 5.92. The van der Waals surface area contributed by atoms with Crippen molar-refractivity contribution in [3.63, 3.8) is 0 Å². The predicted molar refractivity (Wildman–Crippen MR) is 115 cm³/mol. The van der Waals surface area contributed by atoms with Gasteiger partial charge < -0.3 is 25.3 Å². The fourth-order valence-electron chi connectivity index (χ4n) is 3.45. The first-order valence-electron chi connectivity index (χ1n) is 10.8. The van der Waals surface area contributed by atoms with Crippen molar-refractivity contribution in [2.45, 2.75) is 44.6 Å². The van der Waals surface area contributed by atoms with E-state index in [0.717, 1.165) is 32.0 Å². The molecule has 3 heterocycles. The maximum atomic E-state index is 13.3. The minimum Gasteiger partial charge on any atom is -0.364 e. The van der Waals surface area contributed by atoms with Crippen LogP contribution in [0.1, 0.15) is 48.2 Å². The summed E-state index contributed by atoms with van der Waals surface area (Å²) in [5.41, 5.74) is -0.645. The number of carbonyl (C=O) groups excluding carboxylic acids is 2. The average molecular weight is 495 g/mol. The van der Waals surface area contributed by atoms with Crippen LogP contribution in [0.2, 0.25) is 0 Å². The Labute approximate surface area is 197 Å². The summed E-state index contributed by atoms with van der Waals surface area (Å²) >= 11 is 0. The molecular weight excluding hydrogens is 471 g/mol. The zero-order chi connectivity index (χ0) is 25.2. The lowest BCUT2D eigenvalue weighted by molar-refractivity contribution is -0.265. The standard InChI is InChI=1S/C21H24F3N7O4/c1-20(2,21(22,23)24)34-11-16(29-18(32)15-9-26-35-30-15)17-27-13-5-4-12(8-14(13)28-17)10-31-7-3-6-25-19(31)33/h4-5,8-9,16H,3,6-7,10-11H2,1-2H3,(H,25,33)(H,27,28)(H,29,32). The Bertz CT molecular complexity index is 1190. The van der Waals surface area contributed by atoms with Crippen LogP contribution in [0.5, 0.6) is 0 Å². The minimum absolute atomic E-state index is 0.142. The summed E-state index contributed by atoms with van der Waals surface area (Å²) in [5, 5.41) is 12.1. The molecule has 1 aliphatic heterocycles. The van der Waals surface area contributed by atoms with E-state index >= 15 is 0 Å². The Morgan fingerprint density at radius 1 is 1.34 bits per heavy atom. The van der Waals surface area contributed by atoms with E-state index in [1.165, 1.54) is 0 Å². The van der Waals surface area contributed by atoms with Crippen molar-refractivity contribution < 1.29 is 32.1 Å². The number of rotatable bonds is 8. The molecule has 1 fully saturated rings.